The molecular weight excluding hydrogens is 184 g/mol. The average Bonchev–Trinajstić information content (AvgIpc) is 1.99. The maximum Gasteiger partial charge on any atom is 0.316 e. The average molecular weight is 198 g/mol. The Morgan fingerprint density at radius 1 is 0.857 bits per heavy atom. The van der Waals surface area contributed by atoms with Crippen molar-refractivity contribution >= 4 is 12.1 Å². The molecule has 0 bridgehead atoms. The predicted octanol–water partition coefficient (Wildman–Crippen LogP) is -0.669. The van der Waals surface area contributed by atoms with Crippen LogP contribution in [0, 0.1) is 5.92 Å². The third-order valence-electron chi connectivity index (χ3n) is 2.83. The molecule has 0 aromatic rings. The number of amides is 4. The van der Waals surface area contributed by atoms with Gasteiger partial charge in [-0.05, 0) is 13.8 Å². The van der Waals surface area contributed by atoms with Gasteiger partial charge < -0.3 is 21.3 Å². The molecule has 2 aliphatic rings. The van der Waals surface area contributed by atoms with Crippen LogP contribution in [-0.2, 0) is 0 Å². The molecule has 2 rings (SSSR count). The third kappa shape index (κ3) is 1.36. The summed E-state index contributed by atoms with van der Waals surface area (Å²) in [5, 5.41) is 10.9. The van der Waals surface area contributed by atoms with E-state index in [-0.39, 0.29) is 36.2 Å². The lowest BCUT2D eigenvalue weighted by Gasteiger charge is -2.44. The van der Waals surface area contributed by atoms with E-state index in [0.717, 1.165) is 0 Å². The summed E-state index contributed by atoms with van der Waals surface area (Å²) >= 11 is 0. The van der Waals surface area contributed by atoms with Crippen LogP contribution < -0.4 is 21.3 Å². The summed E-state index contributed by atoms with van der Waals surface area (Å²) in [4.78, 5) is 22.3. The Hall–Kier alpha value is -1.46. The van der Waals surface area contributed by atoms with Crippen molar-refractivity contribution in [3.8, 4) is 0 Å². The van der Waals surface area contributed by atoms with Crippen LogP contribution >= 0.6 is 0 Å². The van der Waals surface area contributed by atoms with E-state index in [1.807, 2.05) is 13.8 Å². The maximum atomic E-state index is 11.1. The molecule has 0 spiro atoms. The smallest absolute Gasteiger partial charge is 0.316 e. The van der Waals surface area contributed by atoms with Gasteiger partial charge in [-0.25, -0.2) is 9.59 Å². The first kappa shape index (κ1) is 9.11. The Morgan fingerprint density at radius 3 is 1.71 bits per heavy atom. The van der Waals surface area contributed by atoms with E-state index in [4.69, 9.17) is 0 Å². The van der Waals surface area contributed by atoms with Gasteiger partial charge in [-0.2, -0.15) is 0 Å². The summed E-state index contributed by atoms with van der Waals surface area (Å²) in [6.07, 6.45) is -0.262. The lowest BCUT2D eigenvalue weighted by molar-refractivity contribution is 0.139. The molecule has 2 heterocycles. The summed E-state index contributed by atoms with van der Waals surface area (Å²) < 4.78 is 0. The minimum absolute atomic E-state index is 0.0526. The standard InChI is InChI=1S/C8H14N4O2/c1-3-5-4(2)10-8(14)12-6(5)11-7(13)9-3/h3-6H,1-2H3,(H2,9,11,13)(H2,10,12,14)/t3-,4+,5?,6?. The van der Waals surface area contributed by atoms with Gasteiger partial charge in [-0.1, -0.05) is 0 Å². The molecule has 6 heteroatoms. The van der Waals surface area contributed by atoms with Crippen molar-refractivity contribution in [2.24, 2.45) is 5.92 Å². The number of hydrogen-bond acceptors (Lipinski definition) is 2. The van der Waals surface area contributed by atoms with Gasteiger partial charge in [0.05, 0.1) is 0 Å². The SMILES string of the molecule is C[C@@H]1NC(=O)NC2NC(=O)N[C@H](C)C21. The zero-order chi connectivity index (χ0) is 10.3. The second-order valence-corrected chi connectivity index (χ2v) is 3.87. The van der Waals surface area contributed by atoms with Crippen LogP contribution in [0.15, 0.2) is 0 Å². The molecule has 2 fully saturated rings. The van der Waals surface area contributed by atoms with Crippen molar-refractivity contribution in [2.45, 2.75) is 32.1 Å². The lowest BCUT2D eigenvalue weighted by Crippen LogP contribution is -2.73. The molecule has 2 saturated heterocycles. The van der Waals surface area contributed by atoms with Crippen molar-refractivity contribution < 1.29 is 9.59 Å². The number of carbonyl (C=O) groups excluding carboxylic acids is 2. The molecule has 0 radical (unpaired) electrons. The topological polar surface area (TPSA) is 82.3 Å². The largest absolute Gasteiger partial charge is 0.335 e. The monoisotopic (exact) mass is 198 g/mol. The molecule has 4 N–H and O–H groups in total. The summed E-state index contributed by atoms with van der Waals surface area (Å²) in [7, 11) is 0. The second kappa shape index (κ2) is 3.04. The summed E-state index contributed by atoms with van der Waals surface area (Å²) in [5.41, 5.74) is 0. The summed E-state index contributed by atoms with van der Waals surface area (Å²) in [6.45, 7) is 3.87. The fraction of sp³-hybridized carbons (Fsp3) is 0.750. The van der Waals surface area contributed by atoms with Crippen LogP contribution in [0.2, 0.25) is 0 Å². The molecule has 0 aromatic carbocycles. The zero-order valence-corrected chi connectivity index (χ0v) is 8.13. The third-order valence-corrected chi connectivity index (χ3v) is 2.83. The molecule has 0 aliphatic carbocycles. The second-order valence-electron chi connectivity index (χ2n) is 3.87. The minimum atomic E-state index is -0.262. The van der Waals surface area contributed by atoms with Gasteiger partial charge in [-0.3, -0.25) is 0 Å². The number of nitrogens with one attached hydrogen (secondary N) is 4. The van der Waals surface area contributed by atoms with Gasteiger partial charge >= 0.3 is 12.1 Å². The van der Waals surface area contributed by atoms with Gasteiger partial charge in [0.1, 0.15) is 6.17 Å². The Kier molecular flexibility index (Phi) is 1.98. The van der Waals surface area contributed by atoms with Gasteiger partial charge in [-0.15, -0.1) is 0 Å². The van der Waals surface area contributed by atoms with Crippen molar-refractivity contribution in [2.75, 3.05) is 0 Å². The van der Waals surface area contributed by atoms with E-state index in [2.05, 4.69) is 21.3 Å². The van der Waals surface area contributed by atoms with Crippen LogP contribution in [0.1, 0.15) is 13.8 Å². The predicted molar refractivity (Wildman–Crippen MR) is 49.5 cm³/mol. The van der Waals surface area contributed by atoms with E-state index in [1.165, 1.54) is 0 Å². The molecule has 0 aromatic heterocycles. The molecule has 0 saturated carbocycles. The first-order valence-corrected chi connectivity index (χ1v) is 4.72. The molecule has 2 unspecified atom stereocenters. The highest BCUT2D eigenvalue weighted by molar-refractivity contribution is 5.80. The van der Waals surface area contributed by atoms with Crippen molar-refractivity contribution in [1.82, 2.24) is 21.3 Å². The molecule has 6 nitrogen and oxygen atoms in total. The molecule has 14 heavy (non-hydrogen) atoms. The molecular formula is C8H14N4O2. The van der Waals surface area contributed by atoms with Crippen molar-refractivity contribution in [1.29, 1.82) is 0 Å². The number of urea groups is 2. The Bertz CT molecular complexity index is 255. The Labute approximate surface area is 81.8 Å². The van der Waals surface area contributed by atoms with E-state index in [0.29, 0.717) is 0 Å². The maximum absolute atomic E-state index is 11.1. The van der Waals surface area contributed by atoms with Crippen LogP contribution in [0.5, 0.6) is 0 Å². The first-order chi connectivity index (χ1) is 6.58. The van der Waals surface area contributed by atoms with Gasteiger partial charge in [0.25, 0.3) is 0 Å². The van der Waals surface area contributed by atoms with Crippen LogP contribution in [0.25, 0.3) is 0 Å². The lowest BCUT2D eigenvalue weighted by atomic mass is 9.87. The first-order valence-electron chi connectivity index (χ1n) is 4.72. The zero-order valence-electron chi connectivity index (χ0n) is 8.13. The number of fused-ring (bicyclic) bond motifs is 1. The number of rotatable bonds is 0. The Morgan fingerprint density at radius 2 is 1.29 bits per heavy atom. The Balaban J connectivity index is 2.18. The van der Waals surface area contributed by atoms with Gasteiger partial charge in [0.15, 0.2) is 0 Å². The highest BCUT2D eigenvalue weighted by atomic mass is 16.2. The highest BCUT2D eigenvalue weighted by Crippen LogP contribution is 2.19. The molecule has 2 aliphatic heterocycles. The van der Waals surface area contributed by atoms with Gasteiger partial charge in [0.2, 0.25) is 0 Å². The molecule has 4 atom stereocenters. The fourth-order valence-corrected chi connectivity index (χ4v) is 2.21. The van der Waals surface area contributed by atoms with Gasteiger partial charge in [0, 0.05) is 18.0 Å². The molecule has 4 amide bonds. The number of carbonyl (C=O) groups is 2. The van der Waals surface area contributed by atoms with E-state index >= 15 is 0 Å². The quantitative estimate of drug-likeness (QED) is 0.416. The summed E-state index contributed by atoms with van der Waals surface area (Å²) in [6, 6.07) is -0.352. The minimum Gasteiger partial charge on any atom is -0.335 e. The fourth-order valence-electron chi connectivity index (χ4n) is 2.21. The summed E-state index contributed by atoms with van der Waals surface area (Å²) in [5.74, 6) is 0.172. The van der Waals surface area contributed by atoms with Crippen molar-refractivity contribution in [3.63, 3.8) is 0 Å². The van der Waals surface area contributed by atoms with E-state index in [9.17, 15) is 9.59 Å². The number of hydrogen-bond donors (Lipinski definition) is 4. The van der Waals surface area contributed by atoms with Crippen molar-refractivity contribution in [3.05, 3.63) is 0 Å². The van der Waals surface area contributed by atoms with Crippen LogP contribution in [0.4, 0.5) is 9.59 Å². The van der Waals surface area contributed by atoms with Crippen LogP contribution in [-0.4, -0.2) is 30.3 Å². The van der Waals surface area contributed by atoms with Crippen LogP contribution in [0.3, 0.4) is 0 Å². The van der Waals surface area contributed by atoms with E-state index < -0.39 is 0 Å². The normalized spacial score (nSPS) is 41.3. The molecule has 78 valence electrons. The highest BCUT2D eigenvalue weighted by Gasteiger charge is 2.41. The van der Waals surface area contributed by atoms with E-state index in [1.54, 1.807) is 0 Å².